The fraction of sp³-hybridized carbons (Fsp3) is 0.647. The van der Waals surface area contributed by atoms with Gasteiger partial charge in [0, 0.05) is 12.1 Å². The van der Waals surface area contributed by atoms with E-state index < -0.39 is 0 Å². The van der Waals surface area contributed by atoms with Gasteiger partial charge in [0.2, 0.25) is 0 Å². The molecule has 1 rings (SSSR count). The van der Waals surface area contributed by atoms with Crippen molar-refractivity contribution >= 4 is 0 Å². The van der Waals surface area contributed by atoms with Gasteiger partial charge in [0.05, 0.1) is 0 Å². The van der Waals surface area contributed by atoms with Crippen molar-refractivity contribution in [2.45, 2.75) is 19.4 Å². The number of benzene rings is 1. The lowest BCUT2D eigenvalue weighted by Crippen LogP contribution is -2.30. The van der Waals surface area contributed by atoms with Gasteiger partial charge in [-0.05, 0) is 73.3 Å². The molecule has 0 fully saturated rings. The number of hydrogen-bond donors (Lipinski definition) is 1. The van der Waals surface area contributed by atoms with Crippen LogP contribution in [0, 0.1) is 0 Å². The molecule has 4 heteroatoms. The molecule has 0 aliphatic carbocycles. The van der Waals surface area contributed by atoms with Crippen molar-refractivity contribution in [3.63, 3.8) is 0 Å². The summed E-state index contributed by atoms with van der Waals surface area (Å²) < 4.78 is 0. The molecule has 0 aliphatic heterocycles. The highest BCUT2D eigenvalue weighted by atomic mass is 16.3. The Kier molecular flexibility index (Phi) is 8.35. The summed E-state index contributed by atoms with van der Waals surface area (Å²) in [6, 6.07) is 7.65. The summed E-state index contributed by atoms with van der Waals surface area (Å²) in [5.41, 5.74) is 1.02. The van der Waals surface area contributed by atoms with E-state index >= 15 is 0 Å². The van der Waals surface area contributed by atoms with Crippen LogP contribution in [0.25, 0.3) is 0 Å². The van der Waals surface area contributed by atoms with Crippen molar-refractivity contribution in [1.82, 2.24) is 14.7 Å². The average Bonchev–Trinajstić information content (AvgIpc) is 2.40. The van der Waals surface area contributed by atoms with Crippen molar-refractivity contribution < 1.29 is 5.11 Å². The Morgan fingerprint density at radius 2 is 1.33 bits per heavy atom. The van der Waals surface area contributed by atoms with E-state index in [0.717, 1.165) is 51.1 Å². The third kappa shape index (κ3) is 8.05. The molecule has 0 saturated carbocycles. The minimum atomic E-state index is 0.405. The van der Waals surface area contributed by atoms with Gasteiger partial charge >= 0.3 is 0 Å². The Morgan fingerprint density at radius 1 is 0.810 bits per heavy atom. The molecule has 0 bridgehead atoms. The van der Waals surface area contributed by atoms with Crippen LogP contribution in [0.5, 0.6) is 5.75 Å². The van der Waals surface area contributed by atoms with Crippen molar-refractivity contribution in [2.75, 3.05) is 54.4 Å². The van der Waals surface area contributed by atoms with E-state index in [0.29, 0.717) is 5.75 Å². The molecule has 1 aromatic carbocycles. The molecule has 4 nitrogen and oxygen atoms in total. The van der Waals surface area contributed by atoms with Gasteiger partial charge in [0.15, 0.2) is 0 Å². The summed E-state index contributed by atoms with van der Waals surface area (Å²) in [6.45, 7) is 5.17. The van der Waals surface area contributed by atoms with Gasteiger partial charge < -0.3 is 14.9 Å². The molecule has 0 heterocycles. The standard InChI is InChI=1S/C17H31N3O/c1-18(2)11-7-13-20(14-8-12-19(3)4)15-16-9-5-6-10-17(16)21/h5-6,9-10,21H,7-8,11-15H2,1-4H3. The van der Waals surface area contributed by atoms with E-state index in [1.54, 1.807) is 6.07 Å². The fourth-order valence-corrected chi connectivity index (χ4v) is 2.38. The number of rotatable bonds is 10. The number of aromatic hydroxyl groups is 1. The Labute approximate surface area is 130 Å². The predicted molar refractivity (Wildman–Crippen MR) is 89.7 cm³/mol. The Morgan fingerprint density at radius 3 is 1.81 bits per heavy atom. The molecule has 0 saturated heterocycles. The van der Waals surface area contributed by atoms with Gasteiger partial charge in [-0.3, -0.25) is 4.90 Å². The highest BCUT2D eigenvalue weighted by molar-refractivity contribution is 5.31. The van der Waals surface area contributed by atoms with Gasteiger partial charge in [-0.25, -0.2) is 0 Å². The molecule has 0 radical (unpaired) electrons. The van der Waals surface area contributed by atoms with E-state index in [-0.39, 0.29) is 0 Å². The maximum absolute atomic E-state index is 9.94. The second kappa shape index (κ2) is 9.77. The first-order chi connectivity index (χ1) is 9.99. The topological polar surface area (TPSA) is 30.0 Å². The van der Waals surface area contributed by atoms with Crippen molar-refractivity contribution in [3.05, 3.63) is 29.8 Å². The van der Waals surface area contributed by atoms with Crippen LogP contribution in [0.4, 0.5) is 0 Å². The Balaban J connectivity index is 2.51. The van der Waals surface area contributed by atoms with Gasteiger partial charge in [-0.2, -0.15) is 0 Å². The van der Waals surface area contributed by atoms with Gasteiger partial charge in [0.1, 0.15) is 5.75 Å². The van der Waals surface area contributed by atoms with Crippen molar-refractivity contribution in [2.24, 2.45) is 0 Å². The highest BCUT2D eigenvalue weighted by Crippen LogP contribution is 2.18. The largest absolute Gasteiger partial charge is 0.508 e. The first-order valence-electron chi connectivity index (χ1n) is 7.77. The van der Waals surface area contributed by atoms with Crippen LogP contribution in [-0.4, -0.2) is 74.2 Å². The smallest absolute Gasteiger partial charge is 0.120 e. The molecule has 0 spiro atoms. The maximum Gasteiger partial charge on any atom is 0.120 e. The molecule has 0 aliphatic rings. The van der Waals surface area contributed by atoms with Crippen LogP contribution in [0.1, 0.15) is 18.4 Å². The number of hydrogen-bond acceptors (Lipinski definition) is 4. The first-order valence-corrected chi connectivity index (χ1v) is 7.77. The van der Waals surface area contributed by atoms with Crippen LogP contribution in [-0.2, 0) is 6.54 Å². The van der Waals surface area contributed by atoms with E-state index in [1.807, 2.05) is 18.2 Å². The molecular formula is C17H31N3O. The average molecular weight is 293 g/mol. The SMILES string of the molecule is CN(C)CCCN(CCCN(C)C)Cc1ccccc1O. The zero-order valence-electron chi connectivity index (χ0n) is 14.0. The molecule has 0 atom stereocenters. The minimum absolute atomic E-state index is 0.405. The lowest BCUT2D eigenvalue weighted by molar-refractivity contribution is 0.231. The van der Waals surface area contributed by atoms with E-state index in [4.69, 9.17) is 0 Å². The lowest BCUT2D eigenvalue weighted by atomic mass is 10.1. The summed E-state index contributed by atoms with van der Waals surface area (Å²) in [7, 11) is 8.44. The molecule has 0 amide bonds. The molecule has 0 unspecified atom stereocenters. The molecule has 21 heavy (non-hydrogen) atoms. The van der Waals surface area contributed by atoms with E-state index in [1.165, 1.54) is 0 Å². The molecule has 120 valence electrons. The maximum atomic E-state index is 9.94. The van der Waals surface area contributed by atoms with Crippen molar-refractivity contribution in [3.8, 4) is 5.75 Å². The number of para-hydroxylation sites is 1. The third-order valence-electron chi connectivity index (χ3n) is 3.54. The van der Waals surface area contributed by atoms with Gasteiger partial charge in [-0.1, -0.05) is 18.2 Å². The van der Waals surface area contributed by atoms with Gasteiger partial charge in [-0.15, -0.1) is 0 Å². The second-order valence-corrected chi connectivity index (χ2v) is 6.22. The van der Waals surface area contributed by atoms with Crippen molar-refractivity contribution in [1.29, 1.82) is 0 Å². The third-order valence-corrected chi connectivity index (χ3v) is 3.54. The molecule has 0 aromatic heterocycles. The predicted octanol–water partition coefficient (Wildman–Crippen LogP) is 2.10. The fourth-order valence-electron chi connectivity index (χ4n) is 2.38. The number of nitrogens with zero attached hydrogens (tertiary/aromatic N) is 3. The Hall–Kier alpha value is -1.10. The van der Waals surface area contributed by atoms with Crippen LogP contribution in [0.15, 0.2) is 24.3 Å². The summed E-state index contributed by atoms with van der Waals surface area (Å²) in [6.07, 6.45) is 2.31. The normalized spacial score (nSPS) is 11.8. The van der Waals surface area contributed by atoms with E-state index in [9.17, 15) is 5.11 Å². The zero-order valence-corrected chi connectivity index (χ0v) is 14.0. The van der Waals surface area contributed by atoms with Gasteiger partial charge in [0.25, 0.3) is 0 Å². The molecule has 1 N–H and O–H groups in total. The first kappa shape index (κ1) is 18.0. The quantitative estimate of drug-likeness (QED) is 0.715. The van der Waals surface area contributed by atoms with Crippen LogP contribution in [0.2, 0.25) is 0 Å². The summed E-state index contributed by atoms with van der Waals surface area (Å²) in [4.78, 5) is 6.89. The molecule has 1 aromatic rings. The monoisotopic (exact) mass is 293 g/mol. The molecular weight excluding hydrogens is 262 g/mol. The lowest BCUT2D eigenvalue weighted by Gasteiger charge is -2.24. The zero-order chi connectivity index (χ0) is 15.7. The summed E-state index contributed by atoms with van der Waals surface area (Å²) >= 11 is 0. The summed E-state index contributed by atoms with van der Waals surface area (Å²) in [5.74, 6) is 0.405. The highest BCUT2D eigenvalue weighted by Gasteiger charge is 2.09. The minimum Gasteiger partial charge on any atom is -0.508 e. The van der Waals surface area contributed by atoms with Crippen LogP contribution in [0.3, 0.4) is 0 Å². The second-order valence-electron chi connectivity index (χ2n) is 6.22. The number of phenolic OH excluding ortho intramolecular Hbond substituents is 1. The summed E-state index contributed by atoms with van der Waals surface area (Å²) in [5, 5.41) is 9.94. The Bertz CT molecular complexity index is 379. The van der Waals surface area contributed by atoms with Crippen LogP contribution < -0.4 is 0 Å². The number of phenols is 1. The van der Waals surface area contributed by atoms with Crippen LogP contribution >= 0.6 is 0 Å². The van der Waals surface area contributed by atoms with E-state index in [2.05, 4.69) is 42.9 Å².